The van der Waals surface area contributed by atoms with Crippen LogP contribution in [0.2, 0.25) is 0 Å². The number of ether oxygens (including phenoxy) is 3. The number of esters is 2. The lowest BCUT2D eigenvalue weighted by molar-refractivity contribution is -0.169. The molecular formula is C21H30O6. The highest BCUT2D eigenvalue weighted by Gasteiger charge is 2.58. The van der Waals surface area contributed by atoms with Crippen molar-refractivity contribution in [2.45, 2.75) is 78.1 Å². The van der Waals surface area contributed by atoms with Gasteiger partial charge in [0, 0.05) is 26.9 Å². The first-order chi connectivity index (χ1) is 12.7. The van der Waals surface area contributed by atoms with E-state index in [1.54, 1.807) is 0 Å². The van der Waals surface area contributed by atoms with E-state index in [9.17, 15) is 14.4 Å². The first-order valence-electron chi connectivity index (χ1n) is 9.41. The van der Waals surface area contributed by atoms with E-state index >= 15 is 0 Å². The lowest BCUT2D eigenvalue weighted by atomic mass is 9.66. The second kappa shape index (κ2) is 8.83. The Kier molecular flexibility index (Phi) is 6.98. The summed E-state index contributed by atoms with van der Waals surface area (Å²) in [4.78, 5) is 36.5. The van der Waals surface area contributed by atoms with Crippen LogP contribution in [0.3, 0.4) is 0 Å². The summed E-state index contributed by atoms with van der Waals surface area (Å²) >= 11 is 0. The highest BCUT2D eigenvalue weighted by molar-refractivity contribution is 5.93. The lowest BCUT2D eigenvalue weighted by Crippen LogP contribution is -2.52. The van der Waals surface area contributed by atoms with Crippen LogP contribution < -0.4 is 0 Å². The van der Waals surface area contributed by atoms with Crippen LogP contribution in [0.4, 0.5) is 0 Å². The van der Waals surface area contributed by atoms with Gasteiger partial charge in [-0.1, -0.05) is 17.2 Å². The van der Waals surface area contributed by atoms with E-state index in [-0.39, 0.29) is 31.0 Å². The third-order valence-corrected chi connectivity index (χ3v) is 5.33. The molecule has 0 amide bonds. The Morgan fingerprint density at radius 1 is 1.22 bits per heavy atom. The van der Waals surface area contributed by atoms with Crippen molar-refractivity contribution in [2.75, 3.05) is 7.11 Å². The van der Waals surface area contributed by atoms with Crippen LogP contribution in [-0.4, -0.2) is 43.1 Å². The summed E-state index contributed by atoms with van der Waals surface area (Å²) in [6, 6.07) is 0. The lowest BCUT2D eigenvalue weighted by Gasteiger charge is -2.40. The van der Waals surface area contributed by atoms with Crippen molar-refractivity contribution in [3.8, 4) is 0 Å². The standard InChI is InChI=1S/C21H30O6/c1-13(2)7-6-8-14(3)9-19-21(12-20(24)27-19)11-17(26-15(4)22)16(25-5)10-18(21)23/h7,9,16-17,19H,6,8,10-12H2,1-5H3/b14-9+/t16-,17+,19-,21?/m1/s1. The smallest absolute Gasteiger partial charge is 0.307 e. The Balaban J connectivity index is 2.25. The molecule has 2 rings (SSSR count). The van der Waals surface area contributed by atoms with E-state index in [4.69, 9.17) is 14.2 Å². The molecule has 6 nitrogen and oxygen atoms in total. The molecule has 0 bridgehead atoms. The second-order valence-corrected chi connectivity index (χ2v) is 7.83. The molecule has 0 aromatic heterocycles. The molecule has 150 valence electrons. The van der Waals surface area contributed by atoms with E-state index in [1.807, 2.05) is 13.0 Å². The quantitative estimate of drug-likeness (QED) is 0.521. The number of Topliss-reactive ketones (excluding diaryl/α,β-unsaturated/α-hetero) is 1. The molecule has 4 atom stereocenters. The van der Waals surface area contributed by atoms with Gasteiger partial charge in [-0.05, 0) is 39.7 Å². The van der Waals surface area contributed by atoms with Gasteiger partial charge < -0.3 is 14.2 Å². The van der Waals surface area contributed by atoms with Crippen molar-refractivity contribution in [2.24, 2.45) is 5.41 Å². The highest BCUT2D eigenvalue weighted by atomic mass is 16.6. The van der Waals surface area contributed by atoms with Crippen LogP contribution in [-0.2, 0) is 28.6 Å². The van der Waals surface area contributed by atoms with Gasteiger partial charge in [-0.25, -0.2) is 0 Å². The normalized spacial score (nSPS) is 31.0. The summed E-state index contributed by atoms with van der Waals surface area (Å²) in [6.07, 6.45) is 4.44. The molecule has 1 aliphatic carbocycles. The minimum atomic E-state index is -0.982. The maximum Gasteiger partial charge on any atom is 0.307 e. The first-order valence-corrected chi connectivity index (χ1v) is 9.41. The fraction of sp³-hybridized carbons (Fsp3) is 0.667. The van der Waals surface area contributed by atoms with E-state index in [2.05, 4.69) is 19.9 Å². The average Bonchev–Trinajstić information content (AvgIpc) is 2.85. The Labute approximate surface area is 160 Å². The van der Waals surface area contributed by atoms with Crippen molar-refractivity contribution in [3.63, 3.8) is 0 Å². The van der Waals surface area contributed by atoms with Gasteiger partial charge in [-0.15, -0.1) is 0 Å². The van der Waals surface area contributed by atoms with Crippen LogP contribution in [0.25, 0.3) is 0 Å². The monoisotopic (exact) mass is 378 g/mol. The molecule has 1 spiro atoms. The molecule has 0 radical (unpaired) electrons. The molecular weight excluding hydrogens is 348 g/mol. The van der Waals surface area contributed by atoms with E-state index in [0.717, 1.165) is 18.4 Å². The zero-order chi connectivity index (χ0) is 20.2. The predicted molar refractivity (Wildman–Crippen MR) is 99.9 cm³/mol. The third kappa shape index (κ3) is 5.06. The number of methoxy groups -OCH3 is 1. The number of hydrogen-bond acceptors (Lipinski definition) is 6. The van der Waals surface area contributed by atoms with Crippen LogP contribution in [0.5, 0.6) is 0 Å². The summed E-state index contributed by atoms with van der Waals surface area (Å²) in [6.45, 7) is 7.41. The van der Waals surface area contributed by atoms with Crippen LogP contribution in [0, 0.1) is 5.41 Å². The summed E-state index contributed by atoms with van der Waals surface area (Å²) in [5.41, 5.74) is 1.34. The Bertz CT molecular complexity index is 658. The van der Waals surface area contributed by atoms with Crippen LogP contribution in [0.1, 0.15) is 59.8 Å². The molecule has 0 aromatic rings. The fourth-order valence-corrected chi connectivity index (χ4v) is 3.91. The average molecular weight is 378 g/mol. The fourth-order valence-electron chi connectivity index (χ4n) is 3.91. The summed E-state index contributed by atoms with van der Waals surface area (Å²) in [7, 11) is 1.49. The molecule has 0 aromatic carbocycles. The molecule has 1 aliphatic heterocycles. The zero-order valence-corrected chi connectivity index (χ0v) is 16.9. The van der Waals surface area contributed by atoms with E-state index in [1.165, 1.54) is 19.6 Å². The molecule has 6 heteroatoms. The molecule has 1 unspecified atom stereocenters. The minimum Gasteiger partial charge on any atom is -0.460 e. The topological polar surface area (TPSA) is 78.9 Å². The van der Waals surface area contributed by atoms with Gasteiger partial charge in [0.25, 0.3) is 0 Å². The van der Waals surface area contributed by atoms with Crippen molar-refractivity contribution in [1.82, 2.24) is 0 Å². The molecule has 2 aliphatic rings. The number of hydrogen-bond donors (Lipinski definition) is 0. The Morgan fingerprint density at radius 3 is 2.52 bits per heavy atom. The van der Waals surface area contributed by atoms with Crippen LogP contribution in [0.15, 0.2) is 23.3 Å². The predicted octanol–water partition coefficient (Wildman–Crippen LogP) is 3.29. The number of rotatable bonds is 6. The number of allylic oxidation sites excluding steroid dienone is 3. The number of ketones is 1. The van der Waals surface area contributed by atoms with Crippen molar-refractivity contribution >= 4 is 17.7 Å². The number of carbonyl (C=O) groups excluding carboxylic acids is 3. The SMILES string of the molecule is CO[C@@H]1CC(=O)C2(CC(=O)O[C@@H]2/C=C(\C)CCC=C(C)C)C[C@@H]1OC(C)=O. The summed E-state index contributed by atoms with van der Waals surface area (Å²) in [5, 5.41) is 0. The Morgan fingerprint density at radius 2 is 1.93 bits per heavy atom. The Hall–Kier alpha value is -1.95. The molecule has 2 fully saturated rings. The maximum atomic E-state index is 13.0. The van der Waals surface area contributed by atoms with Gasteiger partial charge in [-0.3, -0.25) is 14.4 Å². The number of cyclic esters (lactones) is 1. The zero-order valence-electron chi connectivity index (χ0n) is 16.9. The minimum absolute atomic E-state index is 0.0163. The van der Waals surface area contributed by atoms with Gasteiger partial charge in [0.1, 0.15) is 24.1 Å². The molecule has 0 N–H and O–H groups in total. The van der Waals surface area contributed by atoms with Gasteiger partial charge in [0.15, 0.2) is 0 Å². The van der Waals surface area contributed by atoms with Crippen LogP contribution >= 0.6 is 0 Å². The maximum absolute atomic E-state index is 13.0. The molecule has 27 heavy (non-hydrogen) atoms. The number of carbonyl (C=O) groups is 3. The van der Waals surface area contributed by atoms with Gasteiger partial charge >= 0.3 is 11.9 Å². The second-order valence-electron chi connectivity index (χ2n) is 7.83. The molecule has 1 saturated carbocycles. The third-order valence-electron chi connectivity index (χ3n) is 5.33. The summed E-state index contributed by atoms with van der Waals surface area (Å²) in [5.74, 6) is -0.886. The van der Waals surface area contributed by atoms with Gasteiger partial charge in [0.05, 0.1) is 11.8 Å². The van der Waals surface area contributed by atoms with Gasteiger partial charge in [0.2, 0.25) is 0 Å². The molecule has 1 saturated heterocycles. The first kappa shape index (κ1) is 21.4. The largest absolute Gasteiger partial charge is 0.460 e. The van der Waals surface area contributed by atoms with Crippen molar-refractivity contribution in [3.05, 3.63) is 23.3 Å². The van der Waals surface area contributed by atoms with Crippen molar-refractivity contribution in [1.29, 1.82) is 0 Å². The van der Waals surface area contributed by atoms with E-state index < -0.39 is 29.7 Å². The van der Waals surface area contributed by atoms with Gasteiger partial charge in [-0.2, -0.15) is 0 Å². The van der Waals surface area contributed by atoms with E-state index in [0.29, 0.717) is 0 Å². The highest BCUT2D eigenvalue weighted by Crippen LogP contribution is 2.47. The summed E-state index contributed by atoms with van der Waals surface area (Å²) < 4.78 is 16.3. The molecule has 1 heterocycles. The van der Waals surface area contributed by atoms with Crippen molar-refractivity contribution < 1.29 is 28.6 Å².